The van der Waals surface area contributed by atoms with Crippen molar-refractivity contribution in [3.05, 3.63) is 276 Å². The number of hydrogen-bond acceptors (Lipinski definition) is 20. The lowest BCUT2D eigenvalue weighted by atomic mass is 9.67. The number of hydrogen-bond donors (Lipinski definition) is 1. The van der Waals surface area contributed by atoms with Crippen molar-refractivity contribution in [1.82, 2.24) is 0 Å². The molecule has 0 radical (unpaired) electrons. The Labute approximate surface area is 762 Å². The number of rotatable bonds is 18. The Balaban J connectivity index is 0.000000149. The molecule has 9 aromatic carbocycles. The largest absolute Gasteiger partial charge is 0.490 e. The van der Waals surface area contributed by atoms with Gasteiger partial charge in [-0.25, -0.2) is 68.8 Å². The van der Waals surface area contributed by atoms with E-state index in [0.29, 0.717) is 78.3 Å². The third kappa shape index (κ3) is 19.8. The standard InChI is InChI=1S/C24H25ClF2O5S.C21H19ClF2O5S.C20H19ClF2O4S.C15H9ClF2O3S.C13H18O3/c1-23(2,3)32-22(28)16-5-4-12-24(33(29,30)15-8-6-14(25)7-9-15)17(16)13-31-21-19(27)11-10-18(26)20(21)24;1-28-20(25)14-3-2-10-21(30(26,27)13-6-4-12(22)5-7-13)15(14)11-29-19-17(24)9-8-16(23)18(19)21;21-13-3-5-14(6-4-13)28(25,26)20-9-1-2-12(10-24)15(20)11-27-19-17(23)8-7-16(22)18(19)20;16-9-1-3-10(4-2-9)22(19,20)13-7-8-21-15-12(18)6-5-11(17)14(13)15;1-15-13(14)9-5-6-10-16-11-12-7-3-2-4-8-12/h6-11,16-17H,4-5,12-13H2,1-3H3;4-9,14-15H,2-3,10-11H2,1H3;3-8,12,15,24H,1-2,9-11H2;1-7H,8H2;2-4,7-8H,5-6,9-11H2,1H3/t16-,17?,24+;14-,15?,21+;12-,15?,20-;;/m110../s1. The number of methoxy groups -OCH3 is 2. The molecule has 9 aromatic rings. The highest BCUT2D eigenvalue weighted by Crippen LogP contribution is 2.62. The van der Waals surface area contributed by atoms with Gasteiger partial charge in [-0.15, -0.1) is 0 Å². The number of unbranched alkanes of at least 4 members (excludes halogenated alkanes) is 1. The van der Waals surface area contributed by atoms with Gasteiger partial charge >= 0.3 is 17.9 Å². The SMILES string of the molecule is CC(C)(C)OC(=O)[C@@H]1CCC[C@@]2(S(=O)(=O)c3ccc(Cl)cc3)c3c(F)ccc(F)c3OCC12.COC(=O)CCCCOCc1ccccc1.COC(=O)[C@@H]1CCC[C@@]2(S(=O)(=O)c3ccc(Cl)cc3)c3c(F)ccc(F)c3OCC12.O=S(=O)(C1=CCOc2c(F)ccc(F)c21)c1ccc(Cl)cc1.O=S(=O)(c1ccc(Cl)cc1)[C@@]12CCC[C@@H](CO)C1COc1c(F)ccc(F)c12. The minimum Gasteiger partial charge on any atom is -0.490 e. The van der Waals surface area contributed by atoms with Crippen molar-refractivity contribution < 1.29 is 126 Å². The van der Waals surface area contributed by atoms with E-state index in [1.54, 1.807) is 20.8 Å². The maximum Gasteiger partial charge on any atom is 0.309 e. The van der Waals surface area contributed by atoms with Gasteiger partial charge in [-0.2, -0.15) is 0 Å². The molecule has 20 nitrogen and oxygen atoms in total. The van der Waals surface area contributed by atoms with E-state index >= 15 is 13.2 Å². The Kier molecular flexibility index (Phi) is 31.2. The Morgan fingerprint density at radius 1 is 0.442 bits per heavy atom. The first kappa shape index (κ1) is 98.7. The molecule has 4 heterocycles. The molecule has 0 saturated heterocycles. The van der Waals surface area contributed by atoms with Gasteiger partial charge in [0.1, 0.15) is 49.7 Å². The molecule has 0 bridgehead atoms. The van der Waals surface area contributed by atoms with Gasteiger partial charge in [-0.1, -0.05) is 96.0 Å². The average Bonchev–Trinajstić information content (AvgIpc) is 0.700. The van der Waals surface area contributed by atoms with Crippen LogP contribution in [0.25, 0.3) is 4.91 Å². The molecule has 3 saturated carbocycles. The Morgan fingerprint density at radius 2 is 0.814 bits per heavy atom. The zero-order chi connectivity index (χ0) is 93.5. The monoisotopic (exact) mass is 1950 g/mol. The van der Waals surface area contributed by atoms with E-state index in [1.165, 1.54) is 123 Å². The summed E-state index contributed by atoms with van der Waals surface area (Å²) in [5.41, 5.74) is -0.991. The van der Waals surface area contributed by atoms with Crippen molar-refractivity contribution in [1.29, 1.82) is 0 Å². The highest BCUT2D eigenvalue weighted by Gasteiger charge is 2.65. The molecule has 9 atom stereocenters. The minimum atomic E-state index is -4.32. The van der Waals surface area contributed by atoms with Crippen molar-refractivity contribution in [2.75, 3.05) is 53.9 Å². The molecule has 0 spiro atoms. The Morgan fingerprint density at radius 3 is 1.22 bits per heavy atom. The van der Waals surface area contributed by atoms with Crippen LogP contribution in [-0.4, -0.2) is 116 Å². The van der Waals surface area contributed by atoms with Crippen LogP contribution in [0.5, 0.6) is 23.0 Å². The first-order valence-electron chi connectivity index (χ1n) is 40.9. The second-order valence-corrected chi connectivity index (χ2v) is 42.8. The summed E-state index contributed by atoms with van der Waals surface area (Å²) >= 11 is 23.5. The van der Waals surface area contributed by atoms with Crippen molar-refractivity contribution in [2.45, 2.75) is 144 Å². The van der Waals surface area contributed by atoms with Crippen molar-refractivity contribution in [2.24, 2.45) is 35.5 Å². The van der Waals surface area contributed by atoms with Crippen LogP contribution in [0.2, 0.25) is 20.1 Å². The fourth-order valence-electron chi connectivity index (χ4n) is 18.1. The molecule has 36 heteroatoms. The number of aliphatic hydroxyl groups excluding tert-OH is 1. The van der Waals surface area contributed by atoms with E-state index in [1.807, 2.05) is 30.3 Å². The molecule has 0 aromatic heterocycles. The molecule has 1 N–H and O–H groups in total. The van der Waals surface area contributed by atoms with Crippen LogP contribution in [0, 0.1) is 82.0 Å². The molecule has 7 aliphatic rings. The molecule has 690 valence electrons. The smallest absolute Gasteiger partial charge is 0.309 e. The van der Waals surface area contributed by atoms with E-state index in [-0.39, 0.29) is 111 Å². The number of halogens is 12. The number of carbonyl (C=O) groups is 3. The fourth-order valence-corrected chi connectivity index (χ4v) is 27.4. The lowest BCUT2D eigenvalue weighted by Gasteiger charge is -2.50. The normalized spacial score (nSPS) is 21.8. The second-order valence-electron chi connectivity index (χ2n) is 32.5. The lowest BCUT2D eigenvalue weighted by molar-refractivity contribution is -0.165. The van der Waals surface area contributed by atoms with Gasteiger partial charge in [0.25, 0.3) is 0 Å². The third-order valence-electron chi connectivity index (χ3n) is 24.0. The van der Waals surface area contributed by atoms with Gasteiger partial charge < -0.3 is 43.0 Å². The molecule has 3 aliphatic carbocycles. The van der Waals surface area contributed by atoms with E-state index in [4.69, 9.17) is 79.6 Å². The van der Waals surface area contributed by atoms with E-state index in [0.717, 1.165) is 61.4 Å². The van der Waals surface area contributed by atoms with Crippen molar-refractivity contribution in [3.63, 3.8) is 0 Å². The topological polar surface area (TPSA) is 282 Å². The second kappa shape index (κ2) is 40.8. The summed E-state index contributed by atoms with van der Waals surface area (Å²) in [6, 6.07) is 39.4. The van der Waals surface area contributed by atoms with Gasteiger partial charge in [-0.05, 0) is 235 Å². The summed E-state index contributed by atoms with van der Waals surface area (Å²) in [4.78, 5) is 35.9. The first-order chi connectivity index (χ1) is 61.2. The Bertz CT molecular complexity index is 6150. The lowest BCUT2D eigenvalue weighted by Crippen LogP contribution is -2.56. The maximum atomic E-state index is 15.3. The van der Waals surface area contributed by atoms with Gasteiger partial charge in [0.05, 0.1) is 99.2 Å². The summed E-state index contributed by atoms with van der Waals surface area (Å²) in [5.74, 6) is -14.4. The molecule has 0 amide bonds. The van der Waals surface area contributed by atoms with Crippen LogP contribution in [0.15, 0.2) is 202 Å². The van der Waals surface area contributed by atoms with Crippen LogP contribution >= 0.6 is 46.4 Å². The van der Waals surface area contributed by atoms with Crippen LogP contribution < -0.4 is 18.9 Å². The summed E-state index contributed by atoms with van der Waals surface area (Å²) in [6.45, 7) is 5.45. The fraction of sp³-hybridized carbons (Fsp3) is 0.366. The van der Waals surface area contributed by atoms with Crippen LogP contribution in [-0.2, 0) is 93.5 Å². The highest BCUT2D eigenvalue weighted by atomic mass is 35.5. The molecular weight excluding hydrogens is 1860 g/mol. The number of aliphatic hydroxyl groups is 1. The van der Waals surface area contributed by atoms with Gasteiger partial charge in [0, 0.05) is 57.5 Å². The molecule has 16 rings (SSSR count). The zero-order valence-electron chi connectivity index (χ0n) is 70.1. The van der Waals surface area contributed by atoms with Crippen LogP contribution in [0.1, 0.15) is 126 Å². The van der Waals surface area contributed by atoms with E-state index in [2.05, 4.69) is 4.74 Å². The number of ether oxygens (including phenoxy) is 8. The molecular formula is C93H90Cl4F8O20S4. The van der Waals surface area contributed by atoms with Crippen LogP contribution in [0.4, 0.5) is 35.1 Å². The molecule has 4 aliphatic heterocycles. The molecule has 3 unspecified atom stereocenters. The quantitative estimate of drug-likeness (QED) is 0.0361. The third-order valence-corrected chi connectivity index (χ3v) is 34.5. The maximum absolute atomic E-state index is 15.3. The van der Waals surface area contributed by atoms with Gasteiger partial charge in [0.2, 0.25) is 9.84 Å². The summed E-state index contributed by atoms with van der Waals surface area (Å²) < 4.78 is 263. The highest BCUT2D eigenvalue weighted by molar-refractivity contribution is 8.00. The number of carbonyl (C=O) groups excluding carboxylic acids is 3. The van der Waals surface area contributed by atoms with Gasteiger partial charge in [0.15, 0.2) is 75.8 Å². The molecule has 129 heavy (non-hydrogen) atoms. The zero-order valence-corrected chi connectivity index (χ0v) is 76.4. The predicted octanol–water partition coefficient (Wildman–Crippen LogP) is 20.2. The first-order valence-corrected chi connectivity index (χ1v) is 48.4. The van der Waals surface area contributed by atoms with Gasteiger partial charge in [-0.3, -0.25) is 14.4 Å². The van der Waals surface area contributed by atoms with Crippen molar-refractivity contribution >= 4 is 109 Å². The predicted molar refractivity (Wildman–Crippen MR) is 464 cm³/mol. The number of esters is 3. The number of fused-ring (bicyclic) bond motifs is 10. The summed E-state index contributed by atoms with van der Waals surface area (Å²) in [5, 5.41) is 11.3. The number of benzene rings is 9. The average molecular weight is 1950 g/mol. The van der Waals surface area contributed by atoms with E-state index in [9.17, 15) is 75.1 Å². The minimum absolute atomic E-state index is 0.0126. The van der Waals surface area contributed by atoms with Crippen molar-refractivity contribution in [3.8, 4) is 23.0 Å². The summed E-state index contributed by atoms with van der Waals surface area (Å²) in [7, 11) is -14.1. The van der Waals surface area contributed by atoms with E-state index < -0.39 is 170 Å². The Hall–Kier alpha value is -9.35. The summed E-state index contributed by atoms with van der Waals surface area (Å²) in [6.07, 6.45) is 5.96. The number of sulfone groups is 4. The van der Waals surface area contributed by atoms with Crippen LogP contribution in [0.3, 0.4) is 0 Å². The molecule has 3 fully saturated rings.